The second-order valence-electron chi connectivity index (χ2n) is 5.41. The molecule has 0 fully saturated rings. The van der Waals surface area contributed by atoms with Crippen molar-refractivity contribution in [2.75, 3.05) is 13.6 Å². The van der Waals surface area contributed by atoms with Gasteiger partial charge in [-0.1, -0.05) is 18.2 Å². The van der Waals surface area contributed by atoms with Crippen LogP contribution in [0.25, 0.3) is 10.9 Å². The molecule has 110 valence electrons. The molecule has 0 amide bonds. The quantitative estimate of drug-likeness (QED) is 0.784. The highest BCUT2D eigenvalue weighted by Crippen LogP contribution is 2.27. The highest BCUT2D eigenvalue weighted by molar-refractivity contribution is 5.83. The molecular formula is C18H18N4. The van der Waals surface area contributed by atoms with Crippen molar-refractivity contribution in [1.29, 1.82) is 5.26 Å². The molecule has 0 aliphatic heterocycles. The lowest BCUT2D eigenvalue weighted by molar-refractivity contribution is 0.296. The van der Waals surface area contributed by atoms with Crippen LogP contribution in [0, 0.1) is 11.3 Å². The van der Waals surface area contributed by atoms with Crippen LogP contribution in [-0.2, 0) is 6.42 Å². The van der Waals surface area contributed by atoms with Crippen molar-refractivity contribution < 1.29 is 0 Å². The Balaban J connectivity index is 1.77. The minimum absolute atomic E-state index is 0.252. The molecule has 0 saturated carbocycles. The fourth-order valence-corrected chi connectivity index (χ4v) is 2.71. The van der Waals surface area contributed by atoms with E-state index >= 15 is 0 Å². The maximum atomic E-state index is 9.61. The second-order valence-corrected chi connectivity index (χ2v) is 5.41. The lowest BCUT2D eigenvalue weighted by Gasteiger charge is -2.22. The molecule has 0 aliphatic rings. The molecule has 0 radical (unpaired) electrons. The first kappa shape index (κ1) is 14.3. The molecule has 0 bridgehead atoms. The van der Waals surface area contributed by atoms with Gasteiger partial charge >= 0.3 is 0 Å². The van der Waals surface area contributed by atoms with E-state index in [4.69, 9.17) is 0 Å². The van der Waals surface area contributed by atoms with Crippen molar-refractivity contribution in [3.63, 3.8) is 0 Å². The summed E-state index contributed by atoms with van der Waals surface area (Å²) in [4.78, 5) is 9.37. The molecule has 1 unspecified atom stereocenters. The summed E-state index contributed by atoms with van der Waals surface area (Å²) < 4.78 is 0. The van der Waals surface area contributed by atoms with E-state index in [1.807, 2.05) is 43.6 Å². The highest BCUT2D eigenvalue weighted by Gasteiger charge is 2.19. The van der Waals surface area contributed by atoms with Crippen LogP contribution in [-0.4, -0.2) is 28.5 Å². The van der Waals surface area contributed by atoms with E-state index in [0.717, 1.165) is 29.4 Å². The number of aromatic nitrogens is 2. The number of aromatic amines is 1. The maximum Gasteiger partial charge on any atom is 0.125 e. The van der Waals surface area contributed by atoms with Crippen LogP contribution in [0.3, 0.4) is 0 Å². The van der Waals surface area contributed by atoms with Gasteiger partial charge in [0.15, 0.2) is 0 Å². The number of benzene rings is 1. The Morgan fingerprint density at radius 3 is 2.77 bits per heavy atom. The van der Waals surface area contributed by atoms with Gasteiger partial charge in [-0.2, -0.15) is 5.26 Å². The first-order valence-electron chi connectivity index (χ1n) is 7.34. The van der Waals surface area contributed by atoms with Crippen LogP contribution >= 0.6 is 0 Å². The van der Waals surface area contributed by atoms with Gasteiger partial charge in [0.05, 0.1) is 6.07 Å². The number of para-hydroxylation sites is 1. The largest absolute Gasteiger partial charge is 0.361 e. The molecule has 1 atom stereocenters. The predicted octanol–water partition coefficient (Wildman–Crippen LogP) is 3.30. The predicted molar refractivity (Wildman–Crippen MR) is 87.2 cm³/mol. The van der Waals surface area contributed by atoms with Crippen LogP contribution in [0.5, 0.6) is 0 Å². The van der Waals surface area contributed by atoms with E-state index in [2.05, 4.69) is 27.0 Å². The summed E-state index contributed by atoms with van der Waals surface area (Å²) in [6.45, 7) is 0.821. The number of likely N-dealkylation sites (N-methyl/N-ethyl adjacent to an activating group) is 1. The van der Waals surface area contributed by atoms with E-state index < -0.39 is 0 Å². The number of nitrogens with one attached hydrogen (secondary N) is 1. The van der Waals surface area contributed by atoms with Crippen molar-refractivity contribution in [3.05, 3.63) is 66.1 Å². The number of hydrogen-bond acceptors (Lipinski definition) is 3. The van der Waals surface area contributed by atoms with Crippen molar-refractivity contribution in [1.82, 2.24) is 14.9 Å². The molecule has 4 nitrogen and oxygen atoms in total. The van der Waals surface area contributed by atoms with Gasteiger partial charge in [-0.05, 0) is 37.2 Å². The summed E-state index contributed by atoms with van der Waals surface area (Å²) in [5.41, 5.74) is 3.34. The Kier molecular flexibility index (Phi) is 4.17. The van der Waals surface area contributed by atoms with Crippen LogP contribution < -0.4 is 0 Å². The average molecular weight is 290 g/mol. The minimum atomic E-state index is -0.252. The first-order valence-corrected chi connectivity index (χ1v) is 7.34. The monoisotopic (exact) mass is 290 g/mol. The minimum Gasteiger partial charge on any atom is -0.361 e. The third-order valence-electron chi connectivity index (χ3n) is 3.98. The molecule has 1 N–H and O–H groups in total. The Morgan fingerprint density at radius 1 is 1.23 bits per heavy atom. The van der Waals surface area contributed by atoms with Gasteiger partial charge in [0, 0.05) is 41.6 Å². The van der Waals surface area contributed by atoms with Gasteiger partial charge in [0.25, 0.3) is 0 Å². The maximum absolute atomic E-state index is 9.61. The number of fused-ring (bicyclic) bond motifs is 1. The molecule has 4 heteroatoms. The SMILES string of the molecule is CN(CCc1ccncc1)C(C#N)c1c[nH]c2ccccc12. The smallest absolute Gasteiger partial charge is 0.125 e. The number of nitriles is 1. The van der Waals surface area contributed by atoms with E-state index in [1.165, 1.54) is 5.56 Å². The molecule has 0 aliphatic carbocycles. The van der Waals surface area contributed by atoms with Crippen LogP contribution in [0.2, 0.25) is 0 Å². The Morgan fingerprint density at radius 2 is 2.00 bits per heavy atom. The lowest BCUT2D eigenvalue weighted by Crippen LogP contribution is -2.25. The molecule has 2 aromatic heterocycles. The van der Waals surface area contributed by atoms with Gasteiger partial charge < -0.3 is 4.98 Å². The molecule has 3 aromatic rings. The number of rotatable bonds is 5. The van der Waals surface area contributed by atoms with Gasteiger partial charge in [0.1, 0.15) is 6.04 Å². The first-order chi connectivity index (χ1) is 10.8. The number of hydrogen-bond donors (Lipinski definition) is 1. The van der Waals surface area contributed by atoms with Gasteiger partial charge in [-0.25, -0.2) is 0 Å². The fraction of sp³-hybridized carbons (Fsp3) is 0.222. The van der Waals surface area contributed by atoms with Gasteiger partial charge in [0.2, 0.25) is 0 Å². The number of H-pyrrole nitrogens is 1. The lowest BCUT2D eigenvalue weighted by atomic mass is 10.1. The van der Waals surface area contributed by atoms with Crippen molar-refractivity contribution in [2.24, 2.45) is 0 Å². The fourth-order valence-electron chi connectivity index (χ4n) is 2.71. The molecule has 0 saturated heterocycles. The summed E-state index contributed by atoms with van der Waals surface area (Å²) in [7, 11) is 2.00. The summed E-state index contributed by atoms with van der Waals surface area (Å²) in [5.74, 6) is 0. The zero-order valence-electron chi connectivity index (χ0n) is 12.5. The zero-order chi connectivity index (χ0) is 15.4. The summed E-state index contributed by atoms with van der Waals surface area (Å²) in [6.07, 6.45) is 6.45. The van der Waals surface area contributed by atoms with Gasteiger partial charge in [-0.15, -0.1) is 0 Å². The average Bonchev–Trinajstić information content (AvgIpc) is 2.99. The van der Waals surface area contributed by atoms with Crippen LogP contribution in [0.1, 0.15) is 17.2 Å². The normalized spacial score (nSPS) is 12.4. The molecule has 0 spiro atoms. The third kappa shape index (κ3) is 2.85. The number of nitrogens with zero attached hydrogens (tertiary/aromatic N) is 3. The summed E-state index contributed by atoms with van der Waals surface area (Å²) in [5, 5.41) is 10.7. The van der Waals surface area contributed by atoms with E-state index in [0.29, 0.717) is 0 Å². The Bertz CT molecular complexity index is 785. The molecule has 1 aromatic carbocycles. The molecular weight excluding hydrogens is 272 g/mol. The molecule has 3 rings (SSSR count). The Hall–Kier alpha value is -2.64. The second kappa shape index (κ2) is 6.42. The molecule has 22 heavy (non-hydrogen) atoms. The van der Waals surface area contributed by atoms with Crippen LogP contribution in [0.15, 0.2) is 55.0 Å². The van der Waals surface area contributed by atoms with Crippen molar-refractivity contribution in [2.45, 2.75) is 12.5 Å². The van der Waals surface area contributed by atoms with E-state index in [1.54, 1.807) is 12.4 Å². The standard InChI is InChI=1S/C18H18N4/c1-22(11-8-14-6-9-20-10-7-14)18(12-19)16-13-21-17-5-3-2-4-15(16)17/h2-7,9-10,13,18,21H,8,11H2,1H3. The van der Waals surface area contributed by atoms with Gasteiger partial charge in [-0.3, -0.25) is 9.88 Å². The van der Waals surface area contributed by atoms with Crippen molar-refractivity contribution >= 4 is 10.9 Å². The summed E-state index contributed by atoms with van der Waals surface area (Å²) in [6, 6.07) is 14.3. The van der Waals surface area contributed by atoms with E-state index in [-0.39, 0.29) is 6.04 Å². The molecule has 2 heterocycles. The summed E-state index contributed by atoms with van der Waals surface area (Å²) >= 11 is 0. The zero-order valence-corrected chi connectivity index (χ0v) is 12.5. The topological polar surface area (TPSA) is 55.7 Å². The highest BCUT2D eigenvalue weighted by atomic mass is 15.1. The third-order valence-corrected chi connectivity index (χ3v) is 3.98. The Labute approximate surface area is 130 Å². The van der Waals surface area contributed by atoms with E-state index in [9.17, 15) is 5.26 Å². The van der Waals surface area contributed by atoms with Crippen LogP contribution in [0.4, 0.5) is 0 Å². The van der Waals surface area contributed by atoms with Crippen molar-refractivity contribution in [3.8, 4) is 6.07 Å². The number of pyridine rings is 1.